The van der Waals surface area contributed by atoms with Gasteiger partial charge in [0.15, 0.2) is 10.9 Å². The van der Waals surface area contributed by atoms with E-state index in [-0.39, 0.29) is 16.9 Å². The topological polar surface area (TPSA) is 92.3 Å². The Morgan fingerprint density at radius 3 is 2.57 bits per heavy atom. The molecule has 2 aliphatic heterocycles. The van der Waals surface area contributed by atoms with Crippen LogP contribution < -0.4 is 9.64 Å². The van der Waals surface area contributed by atoms with Crippen molar-refractivity contribution in [3.05, 3.63) is 47.0 Å². The van der Waals surface area contributed by atoms with Crippen LogP contribution in [0.25, 0.3) is 10.2 Å². The molecule has 0 spiro atoms. The number of likely N-dealkylation sites (N-methyl/N-ethyl adjacent to an activating group) is 1. The van der Waals surface area contributed by atoms with Crippen LogP contribution in [-0.4, -0.2) is 88.1 Å². The normalized spacial score (nSPS) is 18.6. The molecule has 2 saturated heterocycles. The third-order valence-corrected chi connectivity index (χ3v) is 10.0. The van der Waals surface area contributed by atoms with Gasteiger partial charge in [-0.3, -0.25) is 4.79 Å². The summed E-state index contributed by atoms with van der Waals surface area (Å²) in [7, 11) is -0.512. The number of carbonyl (C=O) groups is 1. The summed E-state index contributed by atoms with van der Waals surface area (Å²) < 4.78 is 39.2. The summed E-state index contributed by atoms with van der Waals surface area (Å²) >= 11 is 7.80. The van der Waals surface area contributed by atoms with E-state index in [2.05, 4.69) is 4.90 Å². The molecule has 9 nitrogen and oxygen atoms in total. The van der Waals surface area contributed by atoms with Crippen molar-refractivity contribution in [1.82, 2.24) is 14.2 Å². The van der Waals surface area contributed by atoms with Crippen molar-refractivity contribution in [3.8, 4) is 5.75 Å². The lowest BCUT2D eigenvalue weighted by molar-refractivity contribution is 0.0746. The van der Waals surface area contributed by atoms with E-state index in [0.717, 1.165) is 28.2 Å². The Kier molecular flexibility index (Phi) is 7.60. The van der Waals surface area contributed by atoms with E-state index in [9.17, 15) is 13.2 Å². The molecule has 1 unspecified atom stereocenters. The second-order valence-electron chi connectivity index (χ2n) is 9.15. The van der Waals surface area contributed by atoms with Gasteiger partial charge in [-0.15, -0.1) is 0 Å². The average molecular weight is 565 g/mol. The van der Waals surface area contributed by atoms with E-state index in [0.29, 0.717) is 55.7 Å². The van der Waals surface area contributed by atoms with E-state index in [1.54, 1.807) is 48.6 Å². The minimum Gasteiger partial charge on any atom is -0.493 e. The Balaban J connectivity index is 1.22. The number of hydrogen-bond donors (Lipinski definition) is 0. The molecule has 198 valence electrons. The summed E-state index contributed by atoms with van der Waals surface area (Å²) in [6.07, 6.45) is 1.75. The number of amides is 1. The van der Waals surface area contributed by atoms with Gasteiger partial charge in [-0.2, -0.15) is 4.31 Å². The van der Waals surface area contributed by atoms with Crippen molar-refractivity contribution in [1.29, 1.82) is 0 Å². The molecule has 2 aliphatic rings. The van der Waals surface area contributed by atoms with Gasteiger partial charge < -0.3 is 19.3 Å². The number of rotatable bonds is 7. The predicted molar refractivity (Wildman–Crippen MR) is 145 cm³/mol. The quantitative estimate of drug-likeness (QED) is 0.432. The number of anilines is 1. The van der Waals surface area contributed by atoms with Gasteiger partial charge in [0.1, 0.15) is 5.52 Å². The lowest BCUT2D eigenvalue weighted by atomic mass is 10.2. The fourth-order valence-electron chi connectivity index (χ4n) is 4.67. The summed E-state index contributed by atoms with van der Waals surface area (Å²) in [6.45, 7) is 3.35. The van der Waals surface area contributed by atoms with Crippen LogP contribution in [0.4, 0.5) is 5.13 Å². The molecule has 0 bridgehead atoms. The molecular weight excluding hydrogens is 536 g/mol. The molecule has 2 fully saturated rings. The first-order chi connectivity index (χ1) is 17.8. The molecule has 1 atom stereocenters. The fraction of sp³-hybridized carbons (Fsp3) is 0.440. The number of fused-ring (bicyclic) bond motifs is 1. The molecule has 0 saturated carbocycles. The number of ether oxygens (including phenoxy) is 2. The Labute approximate surface area is 225 Å². The number of carbonyl (C=O) groups excluding carboxylic acids is 1. The number of sulfonamides is 1. The molecule has 5 rings (SSSR count). The zero-order valence-corrected chi connectivity index (χ0v) is 23.1. The third kappa shape index (κ3) is 5.28. The molecule has 3 aromatic rings. The minimum absolute atomic E-state index is 0.0677. The monoisotopic (exact) mass is 564 g/mol. The van der Waals surface area contributed by atoms with Crippen molar-refractivity contribution in [2.24, 2.45) is 0 Å². The van der Waals surface area contributed by atoms with Gasteiger partial charge in [-0.1, -0.05) is 22.9 Å². The van der Waals surface area contributed by atoms with E-state index >= 15 is 0 Å². The Bertz CT molecular complexity index is 1380. The number of methoxy groups -OCH3 is 1. The Morgan fingerprint density at radius 1 is 1.19 bits per heavy atom. The maximum absolute atomic E-state index is 13.1. The number of hydrogen-bond acceptors (Lipinski definition) is 8. The maximum Gasteiger partial charge on any atom is 0.253 e. The largest absolute Gasteiger partial charge is 0.493 e. The van der Waals surface area contributed by atoms with Crippen LogP contribution in [0.2, 0.25) is 5.02 Å². The standard InChI is InChI=1S/C25H29ClN4O5S2/c1-28(16-18-4-3-15-35-18)37(32,33)19-7-5-17(6-8-19)24(31)29-11-13-30(14-12-29)25-27-22-21(36-25)10-9-20(26)23(22)34-2/h5-10,18H,3-4,11-16H2,1-2H3. The number of piperazine rings is 1. The smallest absolute Gasteiger partial charge is 0.253 e. The van der Waals surface area contributed by atoms with Crippen LogP contribution in [0.1, 0.15) is 23.2 Å². The number of benzene rings is 2. The molecule has 2 aromatic carbocycles. The first-order valence-corrected chi connectivity index (χ1v) is 14.8. The van der Waals surface area contributed by atoms with E-state index < -0.39 is 10.0 Å². The number of thiazole rings is 1. The first kappa shape index (κ1) is 26.2. The SMILES string of the molecule is COc1c(Cl)ccc2sc(N3CCN(C(=O)c4ccc(S(=O)(=O)N(C)CC5CCCO5)cc4)CC3)nc12. The van der Waals surface area contributed by atoms with Gasteiger partial charge in [0.2, 0.25) is 10.0 Å². The minimum atomic E-state index is -3.65. The zero-order chi connectivity index (χ0) is 26.2. The van der Waals surface area contributed by atoms with Crippen LogP contribution in [0.3, 0.4) is 0 Å². The molecule has 1 aromatic heterocycles. The summed E-state index contributed by atoms with van der Waals surface area (Å²) in [5.41, 5.74) is 1.21. The van der Waals surface area contributed by atoms with Crippen molar-refractivity contribution in [2.75, 3.05) is 58.4 Å². The van der Waals surface area contributed by atoms with Crippen molar-refractivity contribution in [2.45, 2.75) is 23.8 Å². The summed E-state index contributed by atoms with van der Waals surface area (Å²) in [5.74, 6) is 0.452. The highest BCUT2D eigenvalue weighted by Crippen LogP contribution is 2.38. The fourth-order valence-corrected chi connectivity index (χ4v) is 7.12. The molecule has 12 heteroatoms. The van der Waals surface area contributed by atoms with Gasteiger partial charge in [0, 0.05) is 51.9 Å². The molecular formula is C25H29ClN4O5S2. The van der Waals surface area contributed by atoms with Crippen LogP contribution in [-0.2, 0) is 14.8 Å². The second-order valence-corrected chi connectivity index (χ2v) is 12.6. The molecule has 1 amide bonds. The van der Waals surface area contributed by atoms with Crippen LogP contribution in [0.5, 0.6) is 5.75 Å². The molecule has 37 heavy (non-hydrogen) atoms. The molecule has 0 radical (unpaired) electrons. The maximum atomic E-state index is 13.1. The van der Waals surface area contributed by atoms with Gasteiger partial charge in [-0.05, 0) is 49.2 Å². The summed E-state index contributed by atoms with van der Waals surface area (Å²) in [5, 5.41) is 1.39. The predicted octanol–water partition coefficient (Wildman–Crippen LogP) is 3.72. The Morgan fingerprint density at radius 2 is 1.92 bits per heavy atom. The van der Waals surface area contributed by atoms with E-state index in [1.807, 2.05) is 6.07 Å². The van der Waals surface area contributed by atoms with Gasteiger partial charge >= 0.3 is 0 Å². The molecule has 0 N–H and O–H groups in total. The third-order valence-electron chi connectivity index (χ3n) is 6.79. The summed E-state index contributed by atoms with van der Waals surface area (Å²) in [6, 6.07) is 9.93. The average Bonchev–Trinajstić information content (AvgIpc) is 3.58. The molecule has 0 aliphatic carbocycles. The van der Waals surface area contributed by atoms with Crippen LogP contribution in [0, 0.1) is 0 Å². The molecule has 3 heterocycles. The van der Waals surface area contributed by atoms with Crippen molar-refractivity contribution in [3.63, 3.8) is 0 Å². The second kappa shape index (κ2) is 10.7. The first-order valence-electron chi connectivity index (χ1n) is 12.1. The zero-order valence-electron chi connectivity index (χ0n) is 20.7. The van der Waals surface area contributed by atoms with Gasteiger partial charge in [0.25, 0.3) is 5.91 Å². The lowest BCUT2D eigenvalue weighted by Crippen LogP contribution is -2.48. The van der Waals surface area contributed by atoms with Crippen molar-refractivity contribution >= 4 is 54.2 Å². The highest BCUT2D eigenvalue weighted by atomic mass is 35.5. The van der Waals surface area contributed by atoms with Gasteiger partial charge in [0.05, 0.1) is 27.8 Å². The highest BCUT2D eigenvalue weighted by molar-refractivity contribution is 7.89. The van der Waals surface area contributed by atoms with E-state index in [4.69, 9.17) is 26.1 Å². The number of aromatic nitrogens is 1. The Hall–Kier alpha value is -2.44. The summed E-state index contributed by atoms with van der Waals surface area (Å²) in [4.78, 5) is 22.0. The number of halogens is 1. The van der Waals surface area contributed by atoms with Crippen LogP contribution >= 0.6 is 22.9 Å². The van der Waals surface area contributed by atoms with E-state index in [1.165, 1.54) is 16.4 Å². The van der Waals surface area contributed by atoms with Gasteiger partial charge in [-0.25, -0.2) is 13.4 Å². The highest BCUT2D eigenvalue weighted by Gasteiger charge is 2.28. The number of nitrogens with zero attached hydrogens (tertiary/aromatic N) is 4. The lowest BCUT2D eigenvalue weighted by Gasteiger charge is -2.34. The van der Waals surface area contributed by atoms with Crippen molar-refractivity contribution < 1.29 is 22.7 Å². The van der Waals surface area contributed by atoms with Crippen LogP contribution in [0.15, 0.2) is 41.3 Å².